The van der Waals surface area contributed by atoms with E-state index >= 15 is 0 Å². The summed E-state index contributed by atoms with van der Waals surface area (Å²) in [7, 11) is -2.85. The predicted molar refractivity (Wildman–Crippen MR) is 176 cm³/mol. The standard InChI is InChI=1S/C34H54O6P2/c1-30(2,3)24-14-16-28(26(18-24)32(7,8)9)39-41(13)36-21-34(20-35)22-37-42(38-23-34)40-29-17-15-25(31(4,5)6)19-27(29)33(10,11)12/h14-19,35H,20-23H2,1-13H3. The fourth-order valence-electron chi connectivity index (χ4n) is 4.53. The Balaban J connectivity index is 1.65. The minimum Gasteiger partial charge on any atom is -0.447 e. The normalized spacial score (nSPS) is 21.2. The molecule has 0 saturated carbocycles. The summed E-state index contributed by atoms with van der Waals surface area (Å²) in [6.45, 7) is 29.0. The summed E-state index contributed by atoms with van der Waals surface area (Å²) in [5.41, 5.74) is 4.01. The first-order valence-electron chi connectivity index (χ1n) is 14.8. The van der Waals surface area contributed by atoms with Crippen molar-refractivity contribution >= 4 is 17.0 Å². The van der Waals surface area contributed by atoms with Gasteiger partial charge in [-0.1, -0.05) is 107 Å². The average Bonchev–Trinajstić information content (AvgIpc) is 2.86. The maximum Gasteiger partial charge on any atom is 0.397 e. The Morgan fingerprint density at radius 3 is 1.62 bits per heavy atom. The number of benzene rings is 2. The van der Waals surface area contributed by atoms with Crippen LogP contribution in [0, 0.1) is 5.41 Å². The van der Waals surface area contributed by atoms with Crippen LogP contribution in [0.4, 0.5) is 0 Å². The summed E-state index contributed by atoms with van der Waals surface area (Å²) in [6.07, 6.45) is 0. The van der Waals surface area contributed by atoms with Gasteiger partial charge in [0.25, 0.3) is 0 Å². The quantitative estimate of drug-likeness (QED) is 0.297. The van der Waals surface area contributed by atoms with E-state index in [-0.39, 0.29) is 48.1 Å². The molecule has 3 rings (SSSR count). The number of aliphatic hydroxyl groups excluding tert-OH is 1. The highest BCUT2D eigenvalue weighted by atomic mass is 31.2. The molecule has 1 fully saturated rings. The highest BCUT2D eigenvalue weighted by molar-refractivity contribution is 7.46. The second kappa shape index (κ2) is 13.0. The van der Waals surface area contributed by atoms with E-state index in [1.165, 1.54) is 11.1 Å². The van der Waals surface area contributed by atoms with Crippen LogP contribution in [0.3, 0.4) is 0 Å². The number of rotatable bonds is 8. The third-order valence-electron chi connectivity index (χ3n) is 7.55. The van der Waals surface area contributed by atoms with Crippen molar-refractivity contribution in [2.24, 2.45) is 5.41 Å². The molecule has 2 aromatic rings. The first kappa shape index (κ1) is 35.2. The van der Waals surface area contributed by atoms with E-state index < -0.39 is 22.4 Å². The molecule has 42 heavy (non-hydrogen) atoms. The van der Waals surface area contributed by atoms with Gasteiger partial charge in [0.15, 0.2) is 0 Å². The second-order valence-corrected chi connectivity index (χ2v) is 18.2. The van der Waals surface area contributed by atoms with Gasteiger partial charge in [0.2, 0.25) is 8.38 Å². The van der Waals surface area contributed by atoms with Crippen molar-refractivity contribution in [3.8, 4) is 11.5 Å². The van der Waals surface area contributed by atoms with Crippen molar-refractivity contribution in [3.63, 3.8) is 0 Å². The van der Waals surface area contributed by atoms with Crippen LogP contribution in [0.2, 0.25) is 0 Å². The molecule has 6 nitrogen and oxygen atoms in total. The number of aliphatic hydroxyl groups is 1. The molecular weight excluding hydrogens is 566 g/mol. The van der Waals surface area contributed by atoms with Gasteiger partial charge >= 0.3 is 8.60 Å². The summed E-state index contributed by atoms with van der Waals surface area (Å²) < 4.78 is 31.0. The monoisotopic (exact) mass is 620 g/mol. The summed E-state index contributed by atoms with van der Waals surface area (Å²) in [4.78, 5) is 0. The molecule has 0 aliphatic carbocycles. The topological polar surface area (TPSA) is 66.4 Å². The Hall–Kier alpha value is -1.26. The minimum atomic E-state index is -1.60. The van der Waals surface area contributed by atoms with Gasteiger partial charge < -0.3 is 27.7 Å². The fraction of sp³-hybridized carbons (Fsp3) is 0.647. The number of hydrogen-bond acceptors (Lipinski definition) is 6. The van der Waals surface area contributed by atoms with Gasteiger partial charge in [-0.3, -0.25) is 0 Å². The molecule has 8 heteroatoms. The predicted octanol–water partition coefficient (Wildman–Crippen LogP) is 9.55. The van der Waals surface area contributed by atoms with E-state index in [1.54, 1.807) is 0 Å². The SMILES string of the molecule is CP(OCC1(CO)COP(Oc2ccc(C(C)(C)C)cc2C(C)(C)C)OC1)Oc1ccc(C(C)(C)C)cc1C(C)(C)C. The summed E-state index contributed by atoms with van der Waals surface area (Å²) >= 11 is 0. The van der Waals surface area contributed by atoms with Gasteiger partial charge in [-0.15, -0.1) is 0 Å². The van der Waals surface area contributed by atoms with Crippen molar-refractivity contribution < 1.29 is 27.7 Å². The van der Waals surface area contributed by atoms with Crippen molar-refractivity contribution in [1.82, 2.24) is 0 Å². The van der Waals surface area contributed by atoms with Crippen molar-refractivity contribution in [2.45, 2.75) is 105 Å². The Morgan fingerprint density at radius 2 is 1.19 bits per heavy atom. The summed E-state index contributed by atoms with van der Waals surface area (Å²) in [5, 5.41) is 10.3. The molecule has 236 valence electrons. The third-order valence-corrected chi connectivity index (χ3v) is 9.52. The molecule has 1 aliphatic rings. The van der Waals surface area contributed by atoms with Gasteiger partial charge in [0.1, 0.15) is 11.5 Å². The second-order valence-electron chi connectivity index (χ2n) is 15.7. The van der Waals surface area contributed by atoms with Crippen LogP contribution >= 0.6 is 17.0 Å². The lowest BCUT2D eigenvalue weighted by molar-refractivity contribution is -0.0449. The first-order valence-corrected chi connectivity index (χ1v) is 17.6. The number of hydrogen-bond donors (Lipinski definition) is 1. The highest BCUT2D eigenvalue weighted by Crippen LogP contribution is 2.51. The van der Waals surface area contributed by atoms with Crippen LogP contribution < -0.4 is 9.05 Å². The van der Waals surface area contributed by atoms with Gasteiger partial charge in [-0.05, 0) is 44.9 Å². The van der Waals surface area contributed by atoms with E-state index in [9.17, 15) is 5.11 Å². The molecule has 2 aromatic carbocycles. The molecule has 1 atom stereocenters. The molecule has 0 radical (unpaired) electrons. The molecule has 0 bridgehead atoms. The molecule has 0 aromatic heterocycles. The smallest absolute Gasteiger partial charge is 0.397 e. The largest absolute Gasteiger partial charge is 0.447 e. The average molecular weight is 621 g/mol. The van der Waals surface area contributed by atoms with Crippen LogP contribution in [0.25, 0.3) is 0 Å². The molecular formula is C34H54O6P2. The lowest BCUT2D eigenvalue weighted by Gasteiger charge is -2.37. The van der Waals surface area contributed by atoms with E-state index in [1.807, 2.05) is 12.7 Å². The molecule has 0 spiro atoms. The lowest BCUT2D eigenvalue weighted by atomic mass is 9.80. The van der Waals surface area contributed by atoms with Crippen molar-refractivity contribution in [2.75, 3.05) is 33.1 Å². The first-order chi connectivity index (χ1) is 19.1. The highest BCUT2D eigenvalue weighted by Gasteiger charge is 2.40. The van der Waals surface area contributed by atoms with Gasteiger partial charge in [0.05, 0.1) is 31.8 Å². The van der Waals surface area contributed by atoms with E-state index in [0.29, 0.717) is 0 Å². The van der Waals surface area contributed by atoms with Crippen LogP contribution in [-0.4, -0.2) is 38.2 Å². The molecule has 1 aliphatic heterocycles. The van der Waals surface area contributed by atoms with E-state index in [0.717, 1.165) is 22.6 Å². The van der Waals surface area contributed by atoms with Crippen LogP contribution in [-0.2, 0) is 35.2 Å². The minimum absolute atomic E-state index is 0.0367. The Morgan fingerprint density at radius 1 is 0.738 bits per heavy atom. The fourth-order valence-corrected chi connectivity index (χ4v) is 6.73. The van der Waals surface area contributed by atoms with Gasteiger partial charge in [-0.2, -0.15) is 0 Å². The lowest BCUT2D eigenvalue weighted by Crippen LogP contribution is -2.42. The molecule has 0 amide bonds. The summed E-state index contributed by atoms with van der Waals surface area (Å²) in [6, 6.07) is 12.8. The Kier molecular flexibility index (Phi) is 10.9. The van der Waals surface area contributed by atoms with Gasteiger partial charge in [0, 0.05) is 17.8 Å². The maximum atomic E-state index is 10.3. The molecule has 1 N–H and O–H groups in total. The van der Waals surface area contributed by atoms with Crippen LogP contribution in [0.15, 0.2) is 36.4 Å². The van der Waals surface area contributed by atoms with Crippen molar-refractivity contribution in [1.29, 1.82) is 0 Å². The Labute approximate surface area is 257 Å². The zero-order valence-electron chi connectivity index (χ0n) is 28.2. The zero-order chi connectivity index (χ0) is 31.7. The summed E-state index contributed by atoms with van der Waals surface area (Å²) in [5.74, 6) is 1.61. The zero-order valence-corrected chi connectivity index (χ0v) is 30.0. The van der Waals surface area contributed by atoms with E-state index in [2.05, 4.69) is 113 Å². The van der Waals surface area contributed by atoms with Gasteiger partial charge in [-0.25, -0.2) is 0 Å². The third kappa shape index (κ3) is 9.13. The van der Waals surface area contributed by atoms with E-state index in [4.69, 9.17) is 22.6 Å². The Bertz CT molecular complexity index is 1190. The van der Waals surface area contributed by atoms with Crippen LogP contribution in [0.5, 0.6) is 11.5 Å². The molecule has 1 unspecified atom stereocenters. The van der Waals surface area contributed by atoms with Crippen LogP contribution in [0.1, 0.15) is 105 Å². The molecule has 1 saturated heterocycles. The maximum absolute atomic E-state index is 10.3. The molecule has 1 heterocycles. The van der Waals surface area contributed by atoms with Crippen molar-refractivity contribution in [3.05, 3.63) is 58.7 Å².